The second-order valence-electron chi connectivity index (χ2n) is 5.70. The molecule has 134 valence electrons. The van der Waals surface area contributed by atoms with Gasteiger partial charge in [-0.05, 0) is 44.9 Å². The Morgan fingerprint density at radius 3 is 2.84 bits per heavy atom. The summed E-state index contributed by atoms with van der Waals surface area (Å²) in [5.41, 5.74) is 3.42. The van der Waals surface area contributed by atoms with Crippen LogP contribution >= 0.6 is 0 Å². The number of rotatable bonds is 8. The van der Waals surface area contributed by atoms with Crippen molar-refractivity contribution in [2.45, 2.75) is 40.7 Å². The molecule has 0 unspecified atom stereocenters. The van der Waals surface area contributed by atoms with Gasteiger partial charge in [-0.25, -0.2) is 9.78 Å². The number of carbonyl (C=O) groups is 1. The highest BCUT2D eigenvalue weighted by molar-refractivity contribution is 5.86. The smallest absolute Gasteiger partial charge is 0.344 e. The number of carbonyl (C=O) groups excluding carboxylic acids is 1. The second kappa shape index (κ2) is 9.06. The van der Waals surface area contributed by atoms with Gasteiger partial charge in [-0.15, -0.1) is 0 Å². The molecule has 0 aromatic carbocycles. The number of aryl methyl sites for hydroxylation is 1. The predicted octanol–water partition coefficient (Wildman–Crippen LogP) is 4.20. The molecule has 0 bridgehead atoms. The number of nitrogens with zero attached hydrogens (tertiary/aromatic N) is 2. The van der Waals surface area contributed by atoms with Gasteiger partial charge in [-0.1, -0.05) is 25.2 Å². The van der Waals surface area contributed by atoms with Crippen molar-refractivity contribution in [3.05, 3.63) is 47.8 Å². The normalized spacial score (nSPS) is 12.1. The van der Waals surface area contributed by atoms with Crippen LogP contribution in [0, 0.1) is 6.92 Å². The number of fused-ring (bicyclic) bond motifs is 1. The first-order valence-electron chi connectivity index (χ1n) is 8.65. The summed E-state index contributed by atoms with van der Waals surface area (Å²) < 4.78 is 12.7. The summed E-state index contributed by atoms with van der Waals surface area (Å²) in [4.78, 5) is 15.8. The van der Waals surface area contributed by atoms with Gasteiger partial charge in [0.2, 0.25) is 5.88 Å². The van der Waals surface area contributed by atoms with Gasteiger partial charge in [0.25, 0.3) is 0 Å². The van der Waals surface area contributed by atoms with Gasteiger partial charge < -0.3 is 14.0 Å². The van der Waals surface area contributed by atoms with Gasteiger partial charge in [-0.2, -0.15) is 0 Å². The van der Waals surface area contributed by atoms with Crippen molar-refractivity contribution in [2.75, 3.05) is 13.2 Å². The molecule has 5 nitrogen and oxygen atoms in total. The monoisotopic (exact) mass is 342 g/mol. The van der Waals surface area contributed by atoms with E-state index < -0.39 is 5.97 Å². The molecule has 0 saturated carbocycles. The molecule has 0 aliphatic rings. The van der Waals surface area contributed by atoms with Crippen molar-refractivity contribution >= 4 is 16.9 Å². The van der Waals surface area contributed by atoms with E-state index in [1.54, 1.807) is 13.1 Å². The van der Waals surface area contributed by atoms with E-state index in [0.29, 0.717) is 12.5 Å². The Labute approximate surface area is 149 Å². The molecular formula is C20H26N2O3. The number of hydrogen-bond donors (Lipinski definition) is 0. The van der Waals surface area contributed by atoms with E-state index in [4.69, 9.17) is 9.47 Å². The fourth-order valence-electron chi connectivity index (χ4n) is 2.79. The highest BCUT2D eigenvalue weighted by Crippen LogP contribution is 2.27. The van der Waals surface area contributed by atoms with Crippen LogP contribution in [-0.4, -0.2) is 28.7 Å². The number of pyridine rings is 1. The maximum atomic E-state index is 11.5. The van der Waals surface area contributed by atoms with E-state index >= 15 is 0 Å². The summed E-state index contributed by atoms with van der Waals surface area (Å²) in [5.74, 6) is 0.0677. The van der Waals surface area contributed by atoms with E-state index in [2.05, 4.69) is 41.6 Å². The molecule has 0 aliphatic carbocycles. The zero-order valence-corrected chi connectivity index (χ0v) is 15.4. The Hall–Kier alpha value is -2.56. The van der Waals surface area contributed by atoms with Crippen LogP contribution in [0.3, 0.4) is 0 Å². The van der Waals surface area contributed by atoms with Crippen molar-refractivity contribution in [1.29, 1.82) is 0 Å². The lowest BCUT2D eigenvalue weighted by Gasteiger charge is -2.10. The lowest BCUT2D eigenvalue weighted by atomic mass is 10.2. The van der Waals surface area contributed by atoms with Crippen LogP contribution in [0.1, 0.15) is 32.9 Å². The third-order valence-corrected chi connectivity index (χ3v) is 3.82. The largest absolute Gasteiger partial charge is 0.465 e. The number of allylic oxidation sites excluding steroid dienone is 4. The van der Waals surface area contributed by atoms with Crippen LogP contribution in [0.5, 0.6) is 5.88 Å². The average molecular weight is 342 g/mol. The van der Waals surface area contributed by atoms with Gasteiger partial charge in [0.15, 0.2) is 6.61 Å². The lowest BCUT2D eigenvalue weighted by molar-refractivity contribution is -0.145. The number of aromatic nitrogens is 2. The van der Waals surface area contributed by atoms with Crippen molar-refractivity contribution in [3.8, 4) is 5.88 Å². The molecule has 0 N–H and O–H groups in total. The van der Waals surface area contributed by atoms with E-state index in [0.717, 1.165) is 29.6 Å². The van der Waals surface area contributed by atoms with Crippen LogP contribution in [0.2, 0.25) is 0 Å². The predicted molar refractivity (Wildman–Crippen MR) is 99.8 cm³/mol. The fraction of sp³-hybridized carbons (Fsp3) is 0.400. The molecule has 0 aliphatic heterocycles. The third kappa shape index (κ3) is 4.72. The molecule has 2 rings (SSSR count). The molecule has 0 saturated heterocycles. The first-order chi connectivity index (χ1) is 12.1. The molecule has 2 aromatic rings. The topological polar surface area (TPSA) is 53.4 Å². The van der Waals surface area contributed by atoms with Crippen molar-refractivity contribution in [1.82, 2.24) is 9.55 Å². The summed E-state index contributed by atoms with van der Waals surface area (Å²) >= 11 is 0. The van der Waals surface area contributed by atoms with E-state index in [-0.39, 0.29) is 6.61 Å². The van der Waals surface area contributed by atoms with E-state index in [1.807, 2.05) is 19.1 Å². The molecule has 2 aromatic heterocycles. The fourth-order valence-corrected chi connectivity index (χ4v) is 2.79. The third-order valence-electron chi connectivity index (χ3n) is 3.82. The van der Waals surface area contributed by atoms with Crippen molar-refractivity contribution in [2.24, 2.45) is 0 Å². The van der Waals surface area contributed by atoms with Crippen LogP contribution in [0.4, 0.5) is 0 Å². The zero-order chi connectivity index (χ0) is 18.2. The Kier molecular flexibility index (Phi) is 6.81. The average Bonchev–Trinajstić information content (AvgIpc) is 2.90. The first-order valence-corrected chi connectivity index (χ1v) is 8.65. The van der Waals surface area contributed by atoms with Gasteiger partial charge in [0, 0.05) is 18.4 Å². The molecule has 2 heterocycles. The molecule has 5 heteroatoms. The summed E-state index contributed by atoms with van der Waals surface area (Å²) in [6, 6.07) is 4.01. The Morgan fingerprint density at radius 2 is 2.16 bits per heavy atom. The first kappa shape index (κ1) is 18.8. The van der Waals surface area contributed by atoms with E-state index in [1.165, 1.54) is 5.57 Å². The highest BCUT2D eigenvalue weighted by atomic mass is 16.6. The van der Waals surface area contributed by atoms with E-state index in [9.17, 15) is 4.79 Å². The van der Waals surface area contributed by atoms with Crippen LogP contribution in [0.15, 0.2) is 42.1 Å². The molecule has 0 spiro atoms. The molecule has 0 atom stereocenters. The maximum absolute atomic E-state index is 11.5. The molecule has 25 heavy (non-hydrogen) atoms. The minimum atomic E-state index is -0.390. The highest BCUT2D eigenvalue weighted by Gasteiger charge is 2.13. The van der Waals surface area contributed by atoms with Gasteiger partial charge in [-0.3, -0.25) is 0 Å². The van der Waals surface area contributed by atoms with Crippen molar-refractivity contribution < 1.29 is 14.3 Å². The number of hydrogen-bond acceptors (Lipinski definition) is 4. The summed E-state index contributed by atoms with van der Waals surface area (Å²) in [6.07, 6.45) is 9.11. The molecule has 0 radical (unpaired) electrons. The Morgan fingerprint density at radius 1 is 1.36 bits per heavy atom. The number of ether oxygens (including phenoxy) is 2. The quantitative estimate of drug-likeness (QED) is 0.533. The van der Waals surface area contributed by atoms with Gasteiger partial charge >= 0.3 is 5.97 Å². The minimum Gasteiger partial charge on any atom is -0.465 e. The molecule has 0 fully saturated rings. The van der Waals surface area contributed by atoms with Gasteiger partial charge in [0.1, 0.15) is 0 Å². The molecular weight excluding hydrogens is 316 g/mol. The second-order valence-corrected chi connectivity index (χ2v) is 5.70. The number of esters is 1. The molecule has 0 amide bonds. The zero-order valence-electron chi connectivity index (χ0n) is 15.4. The minimum absolute atomic E-state index is 0.135. The van der Waals surface area contributed by atoms with Crippen LogP contribution in [-0.2, 0) is 16.1 Å². The maximum Gasteiger partial charge on any atom is 0.344 e. The summed E-state index contributed by atoms with van der Waals surface area (Å²) in [7, 11) is 0. The van der Waals surface area contributed by atoms with Crippen LogP contribution in [0.25, 0.3) is 10.9 Å². The summed E-state index contributed by atoms with van der Waals surface area (Å²) in [5, 5.41) is 0.903. The van der Waals surface area contributed by atoms with Gasteiger partial charge in [0.05, 0.1) is 17.5 Å². The Balaban J connectivity index is 2.32. The van der Waals surface area contributed by atoms with Crippen LogP contribution < -0.4 is 4.74 Å². The Bertz CT molecular complexity index is 788. The standard InChI is InChI=1S/C20H26N2O3/c1-5-8-16(9-6-2)13-22-15(4)12-17-18(22)10-11-21-20(17)25-14-19(23)24-7-3/h5,8-12H,6-7,13-14H2,1-4H3/b8-5-,16-9+. The SMILES string of the molecule is C/C=C\C(=C/CC)Cn1c(C)cc2c(OCC(=O)OCC)nccc21. The van der Waals surface area contributed by atoms with Crippen molar-refractivity contribution in [3.63, 3.8) is 0 Å². The summed E-state index contributed by atoms with van der Waals surface area (Å²) in [6.45, 7) is 8.98. The lowest BCUT2D eigenvalue weighted by Crippen LogP contribution is -2.15.